The monoisotopic (exact) mass is 408 g/mol. The normalized spacial score (nSPS) is 17.5. The summed E-state index contributed by atoms with van der Waals surface area (Å²) in [5, 5.41) is 11.5. The van der Waals surface area contributed by atoms with Crippen LogP contribution in [0.3, 0.4) is 0 Å². The Morgan fingerprint density at radius 1 is 1.03 bits per heavy atom. The first-order valence-electron chi connectivity index (χ1n) is 10.1. The number of carbonyl (C=O) groups excluding carboxylic acids is 2. The molecule has 7 nitrogen and oxygen atoms in total. The number of carbonyl (C=O) groups is 3. The number of amides is 2. The fourth-order valence-electron chi connectivity index (χ4n) is 4.38. The molecule has 1 fully saturated rings. The standard InChI is InChI=1S/C23H24N2O5/c26-20(24-13-21(27)25-11-5-10-22(25)30-14-23(28)29)12-19-17-8-3-1-6-15(17)16-7-2-4-9-18(16)19/h1-4,6-9,19,22H,5,10-14H2,(H,24,26)(H,28,29). The van der Waals surface area contributed by atoms with Crippen molar-refractivity contribution in [2.24, 2.45) is 0 Å². The van der Waals surface area contributed by atoms with Crippen molar-refractivity contribution in [1.29, 1.82) is 0 Å². The minimum absolute atomic E-state index is 0.0362. The maximum absolute atomic E-state index is 12.6. The molecule has 1 heterocycles. The van der Waals surface area contributed by atoms with Gasteiger partial charge in [-0.1, -0.05) is 48.5 Å². The van der Waals surface area contributed by atoms with Crippen LogP contribution in [0.4, 0.5) is 0 Å². The van der Waals surface area contributed by atoms with Gasteiger partial charge < -0.3 is 20.1 Å². The minimum Gasteiger partial charge on any atom is -0.480 e. The van der Waals surface area contributed by atoms with E-state index in [9.17, 15) is 14.4 Å². The third kappa shape index (κ3) is 4.07. The summed E-state index contributed by atoms with van der Waals surface area (Å²) in [5.74, 6) is -1.56. The summed E-state index contributed by atoms with van der Waals surface area (Å²) in [5.41, 5.74) is 4.55. The largest absolute Gasteiger partial charge is 0.480 e. The molecule has 2 amide bonds. The van der Waals surface area contributed by atoms with E-state index in [4.69, 9.17) is 9.84 Å². The molecule has 0 saturated carbocycles. The molecular weight excluding hydrogens is 384 g/mol. The van der Waals surface area contributed by atoms with Gasteiger partial charge in [0.25, 0.3) is 0 Å². The second-order valence-electron chi connectivity index (χ2n) is 7.60. The smallest absolute Gasteiger partial charge is 0.329 e. The highest BCUT2D eigenvalue weighted by Crippen LogP contribution is 2.45. The molecule has 2 aromatic carbocycles. The lowest BCUT2D eigenvalue weighted by Gasteiger charge is -2.24. The van der Waals surface area contributed by atoms with Crippen LogP contribution in [-0.4, -0.2) is 53.7 Å². The molecule has 1 unspecified atom stereocenters. The lowest BCUT2D eigenvalue weighted by Crippen LogP contribution is -2.44. The quantitative estimate of drug-likeness (QED) is 0.733. The molecule has 156 valence electrons. The summed E-state index contributed by atoms with van der Waals surface area (Å²) >= 11 is 0. The molecule has 1 aliphatic carbocycles. The minimum atomic E-state index is -1.07. The number of ether oxygens (including phenoxy) is 1. The van der Waals surface area contributed by atoms with Crippen LogP contribution in [-0.2, 0) is 19.1 Å². The molecule has 0 aromatic heterocycles. The molecule has 1 saturated heterocycles. The van der Waals surface area contributed by atoms with Gasteiger partial charge in [0.1, 0.15) is 12.8 Å². The number of carboxylic acids is 1. The average Bonchev–Trinajstić information content (AvgIpc) is 3.34. The zero-order chi connectivity index (χ0) is 21.1. The van der Waals surface area contributed by atoms with Gasteiger partial charge in [0.2, 0.25) is 11.8 Å². The zero-order valence-electron chi connectivity index (χ0n) is 16.5. The van der Waals surface area contributed by atoms with Crippen molar-refractivity contribution in [2.45, 2.75) is 31.4 Å². The van der Waals surface area contributed by atoms with Crippen LogP contribution in [0.25, 0.3) is 11.1 Å². The number of hydrogen-bond donors (Lipinski definition) is 2. The Morgan fingerprint density at radius 2 is 1.67 bits per heavy atom. The third-order valence-corrected chi connectivity index (χ3v) is 5.71. The second-order valence-corrected chi connectivity index (χ2v) is 7.60. The van der Waals surface area contributed by atoms with E-state index in [-0.39, 0.29) is 30.7 Å². The first kappa shape index (κ1) is 20.1. The number of benzene rings is 2. The molecule has 4 rings (SSSR count). The van der Waals surface area contributed by atoms with E-state index >= 15 is 0 Å². The molecule has 2 N–H and O–H groups in total. The Hall–Kier alpha value is -3.19. The fourth-order valence-corrected chi connectivity index (χ4v) is 4.38. The Labute approximate surface area is 174 Å². The van der Waals surface area contributed by atoms with E-state index in [1.165, 1.54) is 4.90 Å². The molecule has 30 heavy (non-hydrogen) atoms. The van der Waals surface area contributed by atoms with E-state index < -0.39 is 18.8 Å². The number of carboxylic acid groups (broad SMARTS) is 1. The van der Waals surface area contributed by atoms with Crippen molar-refractivity contribution in [3.63, 3.8) is 0 Å². The summed E-state index contributed by atoms with van der Waals surface area (Å²) in [6.07, 6.45) is 1.07. The number of nitrogens with one attached hydrogen (secondary N) is 1. The SMILES string of the molecule is O=C(O)COC1CCCN1C(=O)CNC(=O)CC1c2ccccc2-c2ccccc21. The van der Waals surface area contributed by atoms with Crippen LogP contribution >= 0.6 is 0 Å². The number of hydrogen-bond acceptors (Lipinski definition) is 4. The lowest BCUT2D eigenvalue weighted by atomic mass is 9.93. The highest BCUT2D eigenvalue weighted by atomic mass is 16.5. The third-order valence-electron chi connectivity index (χ3n) is 5.71. The van der Waals surface area contributed by atoms with E-state index in [0.717, 1.165) is 28.7 Å². The van der Waals surface area contributed by atoms with Crippen LogP contribution < -0.4 is 5.32 Å². The Kier molecular flexibility index (Phi) is 5.81. The number of aliphatic carboxylic acids is 1. The highest BCUT2D eigenvalue weighted by Gasteiger charge is 2.32. The lowest BCUT2D eigenvalue weighted by molar-refractivity contribution is -0.154. The van der Waals surface area contributed by atoms with Gasteiger partial charge in [-0.05, 0) is 35.1 Å². The summed E-state index contributed by atoms with van der Waals surface area (Å²) < 4.78 is 5.28. The van der Waals surface area contributed by atoms with Crippen LogP contribution in [0.5, 0.6) is 0 Å². The first-order valence-corrected chi connectivity index (χ1v) is 10.1. The molecule has 0 spiro atoms. The fraction of sp³-hybridized carbons (Fsp3) is 0.348. The molecule has 0 bridgehead atoms. The van der Waals surface area contributed by atoms with Crippen molar-refractivity contribution >= 4 is 17.8 Å². The Bertz CT molecular complexity index is 928. The van der Waals surface area contributed by atoms with Gasteiger partial charge >= 0.3 is 5.97 Å². The van der Waals surface area contributed by atoms with Crippen molar-refractivity contribution in [3.05, 3.63) is 59.7 Å². The van der Waals surface area contributed by atoms with Gasteiger partial charge in [0.05, 0.1) is 6.54 Å². The van der Waals surface area contributed by atoms with E-state index in [1.54, 1.807) is 0 Å². The van der Waals surface area contributed by atoms with Gasteiger partial charge in [-0.3, -0.25) is 9.59 Å². The Balaban J connectivity index is 1.36. The van der Waals surface area contributed by atoms with Gasteiger partial charge in [-0.2, -0.15) is 0 Å². The highest BCUT2D eigenvalue weighted by molar-refractivity contribution is 5.87. The average molecular weight is 408 g/mol. The summed E-state index contributed by atoms with van der Waals surface area (Å²) in [6, 6.07) is 16.2. The maximum atomic E-state index is 12.6. The van der Waals surface area contributed by atoms with Gasteiger partial charge in [-0.15, -0.1) is 0 Å². The van der Waals surface area contributed by atoms with Gasteiger partial charge in [0.15, 0.2) is 0 Å². The molecule has 2 aliphatic rings. The van der Waals surface area contributed by atoms with Crippen molar-refractivity contribution in [1.82, 2.24) is 10.2 Å². The number of likely N-dealkylation sites (tertiary alicyclic amines) is 1. The molecule has 2 aromatic rings. The van der Waals surface area contributed by atoms with E-state index in [2.05, 4.69) is 17.4 Å². The predicted molar refractivity (Wildman–Crippen MR) is 110 cm³/mol. The van der Waals surface area contributed by atoms with Crippen LogP contribution in [0.1, 0.15) is 36.3 Å². The van der Waals surface area contributed by atoms with Crippen molar-refractivity contribution in [3.8, 4) is 11.1 Å². The van der Waals surface area contributed by atoms with Crippen molar-refractivity contribution < 1.29 is 24.2 Å². The zero-order valence-corrected chi connectivity index (χ0v) is 16.5. The maximum Gasteiger partial charge on any atom is 0.329 e. The number of nitrogens with zero attached hydrogens (tertiary/aromatic N) is 1. The molecule has 1 aliphatic heterocycles. The van der Waals surface area contributed by atoms with Gasteiger partial charge in [-0.25, -0.2) is 4.79 Å². The van der Waals surface area contributed by atoms with Gasteiger partial charge in [0, 0.05) is 18.9 Å². The molecule has 7 heteroatoms. The molecule has 0 radical (unpaired) electrons. The van der Waals surface area contributed by atoms with Crippen LogP contribution in [0, 0.1) is 0 Å². The summed E-state index contributed by atoms with van der Waals surface area (Å²) in [4.78, 5) is 37.4. The van der Waals surface area contributed by atoms with Crippen molar-refractivity contribution in [2.75, 3.05) is 19.7 Å². The van der Waals surface area contributed by atoms with E-state index in [0.29, 0.717) is 13.0 Å². The number of rotatable bonds is 7. The topological polar surface area (TPSA) is 95.9 Å². The first-order chi connectivity index (χ1) is 14.5. The van der Waals surface area contributed by atoms with Crippen LogP contribution in [0.2, 0.25) is 0 Å². The van der Waals surface area contributed by atoms with E-state index in [1.807, 2.05) is 36.4 Å². The Morgan fingerprint density at radius 3 is 2.30 bits per heavy atom. The molecule has 1 atom stereocenters. The summed E-state index contributed by atoms with van der Waals surface area (Å²) in [7, 11) is 0. The molecular formula is C23H24N2O5. The number of fused-ring (bicyclic) bond motifs is 3. The summed E-state index contributed by atoms with van der Waals surface area (Å²) in [6.45, 7) is -0.0640. The van der Waals surface area contributed by atoms with Crippen LogP contribution in [0.15, 0.2) is 48.5 Å². The predicted octanol–water partition coefficient (Wildman–Crippen LogP) is 2.35. The second kappa shape index (κ2) is 8.67.